The number of hydrogen-bond acceptors (Lipinski definition) is 4. The molecule has 6 nitrogen and oxygen atoms in total. The van der Waals surface area contributed by atoms with Crippen LogP contribution in [0.25, 0.3) is 0 Å². The van der Waals surface area contributed by atoms with E-state index in [4.69, 9.17) is 0 Å². The topological polar surface area (TPSA) is 78.5 Å². The Morgan fingerprint density at radius 3 is 2.57 bits per heavy atom. The minimum Gasteiger partial charge on any atom is -0.323 e. The summed E-state index contributed by atoms with van der Waals surface area (Å²) < 4.78 is 26.5. The molecule has 116 valence electrons. The number of rotatable bonds is 3. The molecule has 1 atom stereocenters. The van der Waals surface area contributed by atoms with Gasteiger partial charge in [0.2, 0.25) is 0 Å². The highest BCUT2D eigenvalue weighted by Crippen LogP contribution is 2.12. The molecular weight excluding hydrogens is 290 g/mol. The fourth-order valence-corrected chi connectivity index (χ4v) is 3.28. The molecule has 21 heavy (non-hydrogen) atoms. The molecule has 1 aromatic carbocycles. The molecule has 0 spiro atoms. The summed E-state index contributed by atoms with van der Waals surface area (Å²) in [6, 6.07) is 5.82. The fourth-order valence-electron chi connectivity index (χ4n) is 2.29. The van der Waals surface area contributed by atoms with Crippen LogP contribution in [0.2, 0.25) is 0 Å². The minimum absolute atomic E-state index is 0.0203. The van der Waals surface area contributed by atoms with Crippen molar-refractivity contribution in [3.63, 3.8) is 0 Å². The average molecular weight is 311 g/mol. The molecule has 1 aliphatic heterocycles. The van der Waals surface area contributed by atoms with Gasteiger partial charge in [-0.15, -0.1) is 0 Å². The van der Waals surface area contributed by atoms with E-state index in [-0.39, 0.29) is 10.9 Å². The molecule has 0 aromatic heterocycles. The van der Waals surface area contributed by atoms with Crippen LogP contribution in [0.15, 0.2) is 29.2 Å². The minimum atomic E-state index is -3.82. The van der Waals surface area contributed by atoms with Gasteiger partial charge in [-0.1, -0.05) is 17.7 Å². The maximum absolute atomic E-state index is 12.2. The quantitative estimate of drug-likeness (QED) is 0.875. The van der Waals surface area contributed by atoms with Gasteiger partial charge in [0.15, 0.2) is 0 Å². The lowest BCUT2D eigenvalue weighted by atomic mass is 10.1. The normalized spacial score (nSPS) is 19.0. The van der Waals surface area contributed by atoms with Gasteiger partial charge < -0.3 is 10.2 Å². The van der Waals surface area contributed by atoms with Crippen LogP contribution in [-0.4, -0.2) is 45.5 Å². The number of nitrogens with one attached hydrogen (secondary N) is 2. The van der Waals surface area contributed by atoms with E-state index in [1.807, 2.05) is 6.92 Å². The summed E-state index contributed by atoms with van der Waals surface area (Å²) in [6.45, 7) is 3.50. The molecule has 1 unspecified atom stereocenters. The first-order chi connectivity index (χ1) is 9.90. The Labute approximate surface area is 125 Å². The Kier molecular flexibility index (Phi) is 4.84. The molecular formula is C14H21N3O3S. The lowest BCUT2D eigenvalue weighted by Gasteiger charge is -2.31. The number of piperidine rings is 1. The second-order valence-corrected chi connectivity index (χ2v) is 7.02. The van der Waals surface area contributed by atoms with Crippen LogP contribution < -0.4 is 10.0 Å². The monoisotopic (exact) mass is 311 g/mol. The highest BCUT2D eigenvalue weighted by molar-refractivity contribution is 7.90. The molecule has 0 bridgehead atoms. The lowest BCUT2D eigenvalue weighted by molar-refractivity contribution is 0.184. The zero-order chi connectivity index (χ0) is 15.5. The van der Waals surface area contributed by atoms with Crippen LogP contribution >= 0.6 is 0 Å². The molecule has 1 aliphatic rings. The van der Waals surface area contributed by atoms with E-state index in [9.17, 15) is 13.2 Å². The van der Waals surface area contributed by atoms with Gasteiger partial charge in [-0.05, 0) is 38.4 Å². The summed E-state index contributed by atoms with van der Waals surface area (Å²) in [5.74, 6) is 0. The summed E-state index contributed by atoms with van der Waals surface area (Å²) in [5.41, 5.74) is 0.964. The Bertz CT molecular complexity index is 592. The van der Waals surface area contributed by atoms with Crippen molar-refractivity contribution in [1.29, 1.82) is 0 Å². The summed E-state index contributed by atoms with van der Waals surface area (Å²) in [5, 5.41) is 3.20. The molecule has 2 amide bonds. The van der Waals surface area contributed by atoms with Crippen LogP contribution in [0.5, 0.6) is 0 Å². The Balaban J connectivity index is 2.05. The number of carbonyl (C=O) groups is 1. The largest absolute Gasteiger partial charge is 0.331 e. The summed E-state index contributed by atoms with van der Waals surface area (Å²) in [6.07, 6.45) is 1.86. The van der Waals surface area contributed by atoms with Crippen molar-refractivity contribution in [2.45, 2.75) is 30.7 Å². The van der Waals surface area contributed by atoms with Crippen LogP contribution in [0.1, 0.15) is 18.4 Å². The number of benzene rings is 1. The third kappa shape index (κ3) is 3.95. The highest BCUT2D eigenvalue weighted by atomic mass is 32.2. The van der Waals surface area contributed by atoms with Crippen LogP contribution in [0.3, 0.4) is 0 Å². The number of amides is 2. The van der Waals surface area contributed by atoms with Gasteiger partial charge >= 0.3 is 6.03 Å². The third-order valence-corrected chi connectivity index (χ3v) is 5.03. The van der Waals surface area contributed by atoms with E-state index >= 15 is 0 Å². The molecule has 1 saturated heterocycles. The maximum Gasteiger partial charge on any atom is 0.331 e. The number of urea groups is 1. The zero-order valence-corrected chi connectivity index (χ0v) is 13.1. The van der Waals surface area contributed by atoms with Gasteiger partial charge in [-0.2, -0.15) is 0 Å². The fraction of sp³-hybridized carbons (Fsp3) is 0.500. The van der Waals surface area contributed by atoms with Crippen molar-refractivity contribution >= 4 is 16.1 Å². The van der Waals surface area contributed by atoms with E-state index in [1.54, 1.807) is 19.2 Å². The lowest BCUT2D eigenvalue weighted by Crippen LogP contribution is -2.51. The molecule has 0 aliphatic carbocycles. The second kappa shape index (κ2) is 6.44. The van der Waals surface area contributed by atoms with Gasteiger partial charge in [-0.3, -0.25) is 0 Å². The number of hydrogen-bond donors (Lipinski definition) is 2. The Morgan fingerprint density at radius 2 is 2.00 bits per heavy atom. The van der Waals surface area contributed by atoms with E-state index in [2.05, 4.69) is 10.0 Å². The van der Waals surface area contributed by atoms with Crippen molar-refractivity contribution in [1.82, 2.24) is 14.9 Å². The van der Waals surface area contributed by atoms with E-state index in [1.165, 1.54) is 17.0 Å². The number of likely N-dealkylation sites (N-methyl/N-ethyl adjacent to an activating group) is 1. The molecule has 0 radical (unpaired) electrons. The zero-order valence-electron chi connectivity index (χ0n) is 12.3. The summed E-state index contributed by atoms with van der Waals surface area (Å²) in [7, 11) is -2.20. The predicted molar refractivity (Wildman–Crippen MR) is 80.6 cm³/mol. The first kappa shape index (κ1) is 15.8. The SMILES string of the molecule is Cc1ccc(S(=O)(=O)NC(=O)N(C)C2CCCNC2)cc1. The third-order valence-electron chi connectivity index (χ3n) is 3.69. The van der Waals surface area contributed by atoms with Crippen LogP contribution in [0.4, 0.5) is 4.79 Å². The van der Waals surface area contributed by atoms with Gasteiger partial charge in [0.25, 0.3) is 10.0 Å². The van der Waals surface area contributed by atoms with Crippen LogP contribution in [-0.2, 0) is 10.0 Å². The molecule has 7 heteroatoms. The average Bonchev–Trinajstić information content (AvgIpc) is 2.47. The predicted octanol–water partition coefficient (Wildman–Crippen LogP) is 1.08. The van der Waals surface area contributed by atoms with E-state index in [0.29, 0.717) is 6.54 Å². The molecule has 2 rings (SSSR count). The van der Waals surface area contributed by atoms with E-state index in [0.717, 1.165) is 24.9 Å². The van der Waals surface area contributed by atoms with Gasteiger partial charge in [0.05, 0.1) is 4.90 Å². The van der Waals surface area contributed by atoms with Crippen LogP contribution in [0, 0.1) is 6.92 Å². The van der Waals surface area contributed by atoms with Gasteiger partial charge in [0.1, 0.15) is 0 Å². The molecule has 1 fully saturated rings. The summed E-state index contributed by atoms with van der Waals surface area (Å²) in [4.78, 5) is 13.7. The number of sulfonamides is 1. The number of aryl methyl sites for hydroxylation is 1. The molecule has 1 heterocycles. The van der Waals surface area contributed by atoms with Crippen molar-refractivity contribution < 1.29 is 13.2 Å². The second-order valence-electron chi connectivity index (χ2n) is 5.33. The molecule has 2 N–H and O–H groups in total. The Morgan fingerprint density at radius 1 is 1.33 bits per heavy atom. The van der Waals surface area contributed by atoms with E-state index < -0.39 is 16.1 Å². The smallest absolute Gasteiger partial charge is 0.323 e. The van der Waals surface area contributed by atoms with Crippen molar-refractivity contribution in [3.05, 3.63) is 29.8 Å². The number of nitrogens with zero attached hydrogens (tertiary/aromatic N) is 1. The first-order valence-electron chi connectivity index (χ1n) is 6.97. The number of carbonyl (C=O) groups excluding carboxylic acids is 1. The van der Waals surface area contributed by atoms with Crippen molar-refractivity contribution in [2.24, 2.45) is 0 Å². The van der Waals surface area contributed by atoms with Crippen molar-refractivity contribution in [3.8, 4) is 0 Å². The van der Waals surface area contributed by atoms with Crippen molar-refractivity contribution in [2.75, 3.05) is 20.1 Å². The maximum atomic E-state index is 12.2. The summed E-state index contributed by atoms with van der Waals surface area (Å²) >= 11 is 0. The molecule has 0 saturated carbocycles. The first-order valence-corrected chi connectivity index (χ1v) is 8.45. The van der Waals surface area contributed by atoms with Gasteiger partial charge in [-0.25, -0.2) is 17.9 Å². The Hall–Kier alpha value is -1.60. The standard InChI is InChI=1S/C14H21N3O3S/c1-11-5-7-13(8-6-11)21(19,20)16-14(18)17(2)12-4-3-9-15-10-12/h5-8,12,15H,3-4,9-10H2,1-2H3,(H,16,18). The van der Waals surface area contributed by atoms with Gasteiger partial charge in [0, 0.05) is 19.6 Å². The highest BCUT2D eigenvalue weighted by Gasteiger charge is 2.25. The molecule has 1 aromatic rings.